The van der Waals surface area contributed by atoms with E-state index in [-0.39, 0.29) is 35.2 Å². The molecule has 170 valence electrons. The summed E-state index contributed by atoms with van der Waals surface area (Å²) in [6.45, 7) is 3.93. The van der Waals surface area contributed by atoms with Crippen molar-refractivity contribution in [3.8, 4) is 11.1 Å². The lowest BCUT2D eigenvalue weighted by molar-refractivity contribution is 0.0998. The van der Waals surface area contributed by atoms with Crippen molar-refractivity contribution in [2.75, 3.05) is 5.32 Å². The van der Waals surface area contributed by atoms with Gasteiger partial charge in [-0.3, -0.25) is 9.78 Å². The Hall–Kier alpha value is -3.26. The molecule has 3 atom stereocenters. The average molecular weight is 450 g/mol. The minimum atomic E-state index is -0.585. The summed E-state index contributed by atoms with van der Waals surface area (Å²) in [5, 5.41) is 2.90. The van der Waals surface area contributed by atoms with E-state index in [0.717, 1.165) is 37.5 Å². The van der Waals surface area contributed by atoms with Crippen LogP contribution in [0.5, 0.6) is 0 Å². The molecule has 33 heavy (non-hydrogen) atoms. The van der Waals surface area contributed by atoms with Gasteiger partial charge in [-0.2, -0.15) is 0 Å². The van der Waals surface area contributed by atoms with Gasteiger partial charge in [0, 0.05) is 41.6 Å². The van der Waals surface area contributed by atoms with Gasteiger partial charge in [0.05, 0.1) is 29.2 Å². The third-order valence-electron chi connectivity index (χ3n) is 6.35. The number of anilines is 1. The van der Waals surface area contributed by atoms with E-state index >= 15 is 0 Å². The van der Waals surface area contributed by atoms with Crippen LogP contribution in [0.3, 0.4) is 0 Å². The van der Waals surface area contributed by atoms with Gasteiger partial charge in [-0.05, 0) is 43.5 Å². The van der Waals surface area contributed by atoms with E-state index in [1.54, 1.807) is 12.3 Å². The van der Waals surface area contributed by atoms with Crippen molar-refractivity contribution >= 4 is 11.6 Å². The maximum Gasteiger partial charge on any atom is 0.258 e. The average Bonchev–Trinajstić information content (AvgIpc) is 3.45. The van der Waals surface area contributed by atoms with Crippen LogP contribution in [0.2, 0.25) is 0 Å². The first-order chi connectivity index (χ1) is 15.9. The number of nitrogens with zero attached hydrogens (tertiary/aromatic N) is 3. The molecule has 8 heteroatoms. The van der Waals surface area contributed by atoms with Crippen LogP contribution in [0.15, 0.2) is 42.9 Å². The number of hydrogen-bond acceptors (Lipinski definition) is 5. The van der Waals surface area contributed by atoms with Crippen molar-refractivity contribution in [1.82, 2.24) is 15.0 Å². The molecule has 1 amide bonds. The number of ether oxygens (including phenoxy) is 1. The van der Waals surface area contributed by atoms with Crippen LogP contribution in [-0.2, 0) is 4.74 Å². The Morgan fingerprint density at radius 3 is 2.55 bits per heavy atom. The van der Waals surface area contributed by atoms with Crippen molar-refractivity contribution in [2.45, 2.75) is 57.2 Å². The number of hydrogen-bond donors (Lipinski definition) is 1. The molecule has 4 heterocycles. The Morgan fingerprint density at radius 2 is 1.88 bits per heavy atom. The Labute approximate surface area is 190 Å². The van der Waals surface area contributed by atoms with E-state index in [2.05, 4.69) is 20.3 Å². The number of benzene rings is 1. The van der Waals surface area contributed by atoms with E-state index in [9.17, 15) is 13.6 Å². The fourth-order valence-electron chi connectivity index (χ4n) is 4.68. The molecule has 6 nitrogen and oxygen atoms in total. The topological polar surface area (TPSA) is 77.0 Å². The van der Waals surface area contributed by atoms with E-state index in [1.165, 1.54) is 12.4 Å². The van der Waals surface area contributed by atoms with Crippen LogP contribution in [0, 0.1) is 11.6 Å². The highest BCUT2D eigenvalue weighted by Crippen LogP contribution is 2.47. The number of fused-ring (bicyclic) bond motifs is 2. The molecule has 1 aromatic carbocycles. The molecule has 2 fully saturated rings. The van der Waals surface area contributed by atoms with Gasteiger partial charge in [-0.25, -0.2) is 18.7 Å². The van der Waals surface area contributed by atoms with Crippen molar-refractivity contribution in [1.29, 1.82) is 0 Å². The summed E-state index contributed by atoms with van der Waals surface area (Å²) in [4.78, 5) is 26.2. The zero-order valence-corrected chi connectivity index (χ0v) is 18.4. The first-order valence-corrected chi connectivity index (χ1v) is 11.1. The Balaban J connectivity index is 1.57. The van der Waals surface area contributed by atoms with Crippen LogP contribution in [0.1, 0.15) is 66.8 Å². The molecular formula is C25H24F2N4O2. The minimum absolute atomic E-state index is 0.000540. The second-order valence-corrected chi connectivity index (χ2v) is 8.90. The molecule has 2 aliphatic heterocycles. The number of rotatable bonds is 5. The predicted molar refractivity (Wildman–Crippen MR) is 119 cm³/mol. The zero-order valence-electron chi connectivity index (χ0n) is 18.4. The van der Waals surface area contributed by atoms with Gasteiger partial charge in [0.1, 0.15) is 17.5 Å². The zero-order chi connectivity index (χ0) is 23.1. The van der Waals surface area contributed by atoms with Crippen LogP contribution in [-0.4, -0.2) is 33.1 Å². The number of pyridine rings is 1. The fourth-order valence-corrected chi connectivity index (χ4v) is 4.68. The lowest BCUT2D eigenvalue weighted by Crippen LogP contribution is -2.21. The van der Waals surface area contributed by atoms with Gasteiger partial charge in [0.15, 0.2) is 0 Å². The Kier molecular flexibility index (Phi) is 5.62. The Morgan fingerprint density at radius 1 is 1.09 bits per heavy atom. The third-order valence-corrected chi connectivity index (χ3v) is 6.35. The highest BCUT2D eigenvalue weighted by molar-refractivity contribution is 6.06. The summed E-state index contributed by atoms with van der Waals surface area (Å²) < 4.78 is 34.7. The summed E-state index contributed by atoms with van der Waals surface area (Å²) in [5.74, 6) is -0.861. The van der Waals surface area contributed by atoms with Gasteiger partial charge in [-0.1, -0.05) is 13.8 Å². The van der Waals surface area contributed by atoms with E-state index in [0.29, 0.717) is 22.8 Å². The monoisotopic (exact) mass is 450 g/mol. The summed E-state index contributed by atoms with van der Waals surface area (Å²) in [6.07, 6.45) is 7.36. The third kappa shape index (κ3) is 4.11. The molecule has 0 saturated carbocycles. The van der Waals surface area contributed by atoms with Gasteiger partial charge in [0.2, 0.25) is 0 Å². The second kappa shape index (κ2) is 8.59. The molecule has 5 rings (SSSR count). The van der Waals surface area contributed by atoms with Gasteiger partial charge in [0.25, 0.3) is 5.91 Å². The normalized spacial score (nSPS) is 21.5. The number of amides is 1. The highest BCUT2D eigenvalue weighted by atomic mass is 19.1. The number of nitrogens with one attached hydrogen (secondary N) is 1. The lowest BCUT2D eigenvalue weighted by Gasteiger charge is -2.23. The first kappa shape index (κ1) is 21.6. The van der Waals surface area contributed by atoms with Crippen molar-refractivity contribution in [3.63, 3.8) is 0 Å². The van der Waals surface area contributed by atoms with Crippen LogP contribution in [0.25, 0.3) is 11.1 Å². The number of aromatic nitrogens is 3. The quantitative estimate of drug-likeness (QED) is 0.576. The van der Waals surface area contributed by atoms with Crippen molar-refractivity contribution in [3.05, 3.63) is 71.6 Å². The number of carbonyl (C=O) groups is 1. The van der Waals surface area contributed by atoms with E-state index in [4.69, 9.17) is 4.74 Å². The number of carbonyl (C=O) groups excluding carboxylic acids is 1. The SMILES string of the molecule is CC(C)c1ncc(C(=O)Nc2c(-c3cc(F)ccc3F)ccnc2C2CC3CCC2O3)cn1. The maximum absolute atomic E-state index is 14.7. The standard InChI is InChI=1S/C25H24F2N4O2/c1-13(2)24-29-11-14(12-30-24)25(32)31-23-17(18-9-15(26)3-5-20(18)27)7-8-28-22(23)19-10-16-4-6-21(19)33-16/h3,5,7-9,11-13,16,19,21H,4,6,10H2,1-2H3,(H,31,32). The van der Waals surface area contributed by atoms with Crippen LogP contribution in [0.4, 0.5) is 14.5 Å². The van der Waals surface area contributed by atoms with Crippen LogP contribution >= 0.6 is 0 Å². The van der Waals surface area contributed by atoms with E-state index < -0.39 is 17.5 Å². The second-order valence-electron chi connectivity index (χ2n) is 8.90. The fraction of sp³-hybridized carbons (Fsp3) is 0.360. The largest absolute Gasteiger partial charge is 0.374 e. The molecule has 0 radical (unpaired) electrons. The number of halogens is 2. The molecular weight excluding hydrogens is 426 g/mol. The molecule has 2 aliphatic rings. The highest BCUT2D eigenvalue weighted by Gasteiger charge is 2.43. The summed E-state index contributed by atoms with van der Waals surface area (Å²) in [5.41, 5.74) is 1.68. The van der Waals surface area contributed by atoms with Crippen molar-refractivity contribution in [2.24, 2.45) is 0 Å². The summed E-state index contributed by atoms with van der Waals surface area (Å²) in [6, 6.07) is 4.86. The molecule has 2 saturated heterocycles. The first-order valence-electron chi connectivity index (χ1n) is 11.1. The molecule has 0 spiro atoms. The maximum atomic E-state index is 14.7. The minimum Gasteiger partial charge on any atom is -0.374 e. The molecule has 3 unspecified atom stereocenters. The van der Waals surface area contributed by atoms with Crippen LogP contribution < -0.4 is 5.32 Å². The van der Waals surface area contributed by atoms with Gasteiger partial charge in [-0.15, -0.1) is 0 Å². The van der Waals surface area contributed by atoms with E-state index in [1.807, 2.05) is 13.8 Å². The summed E-state index contributed by atoms with van der Waals surface area (Å²) >= 11 is 0. The smallest absolute Gasteiger partial charge is 0.258 e. The van der Waals surface area contributed by atoms with Gasteiger partial charge < -0.3 is 10.1 Å². The molecule has 2 bridgehead atoms. The van der Waals surface area contributed by atoms with Gasteiger partial charge >= 0.3 is 0 Å². The molecule has 2 aromatic heterocycles. The van der Waals surface area contributed by atoms with Crippen molar-refractivity contribution < 1.29 is 18.3 Å². The molecule has 3 aromatic rings. The molecule has 1 N–H and O–H groups in total. The predicted octanol–water partition coefficient (Wildman–Crippen LogP) is 5.23. The Bertz CT molecular complexity index is 1200. The molecule has 0 aliphatic carbocycles. The lowest BCUT2D eigenvalue weighted by atomic mass is 9.84. The summed E-state index contributed by atoms with van der Waals surface area (Å²) in [7, 11) is 0.